The molecule has 9 aromatic rings. The van der Waals surface area contributed by atoms with E-state index in [4.69, 9.17) is 4.98 Å². The maximum absolute atomic E-state index is 4.93. The van der Waals surface area contributed by atoms with E-state index in [2.05, 4.69) is 163 Å². The van der Waals surface area contributed by atoms with Crippen LogP contribution in [0.4, 0.5) is 0 Å². The van der Waals surface area contributed by atoms with Crippen molar-refractivity contribution in [2.45, 2.75) is 19.3 Å². The molecule has 6 aromatic carbocycles. The van der Waals surface area contributed by atoms with E-state index in [9.17, 15) is 0 Å². The first kappa shape index (κ1) is 26.3. The van der Waals surface area contributed by atoms with Gasteiger partial charge in [0.2, 0.25) is 0 Å². The van der Waals surface area contributed by atoms with Gasteiger partial charge in [0.1, 0.15) is 5.65 Å². The number of benzene rings is 6. The summed E-state index contributed by atoms with van der Waals surface area (Å²) >= 11 is 0. The summed E-state index contributed by atoms with van der Waals surface area (Å²) in [6, 6.07) is 53.2. The number of aromatic nitrogens is 3. The van der Waals surface area contributed by atoms with Gasteiger partial charge in [0.25, 0.3) is 0 Å². The quantitative estimate of drug-likeness (QED) is 0.198. The van der Waals surface area contributed by atoms with Gasteiger partial charge in [-0.1, -0.05) is 92.7 Å². The maximum Gasteiger partial charge on any atom is 0.145 e. The minimum atomic E-state index is -0.0659. The predicted molar refractivity (Wildman–Crippen MR) is 196 cm³/mol. The van der Waals surface area contributed by atoms with E-state index < -0.39 is 0 Å². The number of pyridine rings is 1. The second kappa shape index (κ2) is 9.54. The Hall–Kier alpha value is -5.93. The van der Waals surface area contributed by atoms with Crippen LogP contribution in [0.25, 0.3) is 77.4 Å². The summed E-state index contributed by atoms with van der Waals surface area (Å²) in [7, 11) is 0. The van der Waals surface area contributed by atoms with Gasteiger partial charge >= 0.3 is 0 Å². The van der Waals surface area contributed by atoms with Gasteiger partial charge in [0, 0.05) is 44.5 Å². The smallest absolute Gasteiger partial charge is 0.145 e. The molecule has 0 saturated heterocycles. The summed E-state index contributed by atoms with van der Waals surface area (Å²) in [5.74, 6) is 0. The molecular formula is C44H31N3. The van der Waals surface area contributed by atoms with Crippen LogP contribution in [-0.2, 0) is 5.41 Å². The second-order valence-electron chi connectivity index (χ2n) is 13.3. The number of nitrogens with zero attached hydrogens (tertiary/aromatic N) is 3. The third-order valence-corrected chi connectivity index (χ3v) is 10.4. The molecule has 10 rings (SSSR count). The highest BCUT2D eigenvalue weighted by atomic mass is 15.0. The Morgan fingerprint density at radius 1 is 0.447 bits per heavy atom. The van der Waals surface area contributed by atoms with Crippen molar-refractivity contribution in [3.05, 3.63) is 163 Å². The standard InChI is InChI=1S/C44H31N3/c1-44(2)38-16-8-6-13-32(38)33-21-20-31(27-39(33)44)47-42-23-19-29(26-37(42)35-15-10-24-45-43(35)47)28-18-22-41-36(25-28)34-14-7-9-17-40(34)46(41)30-11-4-3-5-12-30/h3-27H,1-2H3. The van der Waals surface area contributed by atoms with Crippen LogP contribution in [0.1, 0.15) is 25.0 Å². The third-order valence-electron chi connectivity index (χ3n) is 10.4. The third kappa shape index (κ3) is 3.65. The molecule has 0 radical (unpaired) electrons. The van der Waals surface area contributed by atoms with Crippen molar-refractivity contribution in [1.82, 2.24) is 14.1 Å². The number of hydrogen-bond donors (Lipinski definition) is 0. The first-order valence-electron chi connectivity index (χ1n) is 16.3. The number of rotatable bonds is 3. The Morgan fingerprint density at radius 2 is 1.09 bits per heavy atom. The van der Waals surface area contributed by atoms with E-state index in [1.807, 2.05) is 12.3 Å². The molecule has 1 aliphatic carbocycles. The fraction of sp³-hybridized carbons (Fsp3) is 0.0682. The zero-order valence-corrected chi connectivity index (χ0v) is 26.3. The molecule has 0 fully saturated rings. The summed E-state index contributed by atoms with van der Waals surface area (Å²) in [4.78, 5) is 4.93. The van der Waals surface area contributed by atoms with Crippen molar-refractivity contribution >= 4 is 43.7 Å². The maximum atomic E-state index is 4.93. The van der Waals surface area contributed by atoms with Gasteiger partial charge in [-0.2, -0.15) is 0 Å². The second-order valence-corrected chi connectivity index (χ2v) is 13.3. The Morgan fingerprint density at radius 3 is 1.91 bits per heavy atom. The van der Waals surface area contributed by atoms with Crippen LogP contribution < -0.4 is 0 Å². The largest absolute Gasteiger partial charge is 0.309 e. The van der Waals surface area contributed by atoms with Crippen LogP contribution in [-0.4, -0.2) is 14.1 Å². The average molecular weight is 602 g/mol. The van der Waals surface area contributed by atoms with Gasteiger partial charge in [-0.3, -0.25) is 4.57 Å². The SMILES string of the molecule is CC1(C)c2ccccc2-c2ccc(-n3c4ccc(-c5ccc6c(c5)c5ccccc5n6-c5ccccc5)cc4c4cccnc43)cc21. The molecule has 0 spiro atoms. The first-order valence-corrected chi connectivity index (χ1v) is 16.3. The fourth-order valence-corrected chi connectivity index (χ4v) is 8.13. The molecule has 0 atom stereocenters. The molecule has 0 saturated carbocycles. The molecule has 3 aromatic heterocycles. The van der Waals surface area contributed by atoms with E-state index in [0.29, 0.717) is 0 Å². The van der Waals surface area contributed by atoms with Gasteiger partial charge < -0.3 is 4.57 Å². The fourth-order valence-electron chi connectivity index (χ4n) is 8.13. The van der Waals surface area contributed by atoms with Crippen LogP contribution >= 0.6 is 0 Å². The van der Waals surface area contributed by atoms with E-state index in [-0.39, 0.29) is 5.41 Å². The summed E-state index contributed by atoms with van der Waals surface area (Å²) < 4.78 is 4.71. The molecule has 222 valence electrons. The molecule has 47 heavy (non-hydrogen) atoms. The minimum Gasteiger partial charge on any atom is -0.309 e. The molecule has 0 N–H and O–H groups in total. The molecular weight excluding hydrogens is 571 g/mol. The normalized spacial score (nSPS) is 13.5. The number of para-hydroxylation sites is 2. The molecule has 1 aliphatic rings. The summed E-state index contributed by atoms with van der Waals surface area (Å²) in [6.07, 6.45) is 1.90. The van der Waals surface area contributed by atoms with Gasteiger partial charge in [0.05, 0.1) is 16.6 Å². The van der Waals surface area contributed by atoms with Gasteiger partial charge in [-0.05, 0) is 100 Å². The lowest BCUT2D eigenvalue weighted by Crippen LogP contribution is -2.15. The molecule has 3 nitrogen and oxygen atoms in total. The highest BCUT2D eigenvalue weighted by Gasteiger charge is 2.35. The Labute approximate surface area is 273 Å². The summed E-state index contributed by atoms with van der Waals surface area (Å²) in [6.45, 7) is 4.68. The lowest BCUT2D eigenvalue weighted by Gasteiger charge is -2.22. The van der Waals surface area contributed by atoms with Crippen molar-refractivity contribution < 1.29 is 0 Å². The van der Waals surface area contributed by atoms with E-state index in [0.717, 1.165) is 22.2 Å². The van der Waals surface area contributed by atoms with Crippen LogP contribution in [0.5, 0.6) is 0 Å². The van der Waals surface area contributed by atoms with Crippen LogP contribution in [0.3, 0.4) is 0 Å². The van der Waals surface area contributed by atoms with Crippen LogP contribution in [0, 0.1) is 0 Å². The highest BCUT2D eigenvalue weighted by molar-refractivity contribution is 6.12. The van der Waals surface area contributed by atoms with Gasteiger partial charge in [-0.15, -0.1) is 0 Å². The van der Waals surface area contributed by atoms with E-state index in [1.54, 1.807) is 0 Å². The molecule has 3 heterocycles. The highest BCUT2D eigenvalue weighted by Crippen LogP contribution is 2.49. The van der Waals surface area contributed by atoms with Crippen molar-refractivity contribution in [2.24, 2.45) is 0 Å². The lowest BCUT2D eigenvalue weighted by molar-refractivity contribution is 0.660. The predicted octanol–water partition coefficient (Wildman–Crippen LogP) is 11.2. The molecule has 0 bridgehead atoms. The van der Waals surface area contributed by atoms with Crippen LogP contribution in [0.2, 0.25) is 0 Å². The Balaban J connectivity index is 1.15. The topological polar surface area (TPSA) is 22.8 Å². The molecule has 0 aliphatic heterocycles. The monoisotopic (exact) mass is 601 g/mol. The average Bonchev–Trinajstić information content (AvgIpc) is 3.71. The summed E-state index contributed by atoms with van der Waals surface area (Å²) in [5.41, 5.74) is 14.7. The lowest BCUT2D eigenvalue weighted by atomic mass is 9.82. The van der Waals surface area contributed by atoms with Gasteiger partial charge in [0.15, 0.2) is 0 Å². The Kier molecular flexibility index (Phi) is 5.34. The van der Waals surface area contributed by atoms with Crippen LogP contribution in [0.15, 0.2) is 152 Å². The zero-order chi connectivity index (χ0) is 31.3. The summed E-state index contributed by atoms with van der Waals surface area (Å²) in [5, 5.41) is 4.89. The van der Waals surface area contributed by atoms with E-state index in [1.165, 1.54) is 66.3 Å². The first-order chi connectivity index (χ1) is 23.1. The van der Waals surface area contributed by atoms with Gasteiger partial charge in [-0.25, -0.2) is 4.98 Å². The zero-order valence-electron chi connectivity index (χ0n) is 26.3. The Bertz CT molecular complexity index is 2710. The molecule has 3 heteroatoms. The molecule has 0 unspecified atom stereocenters. The minimum absolute atomic E-state index is 0.0659. The molecule has 0 amide bonds. The van der Waals surface area contributed by atoms with E-state index >= 15 is 0 Å². The van der Waals surface area contributed by atoms with Crippen molar-refractivity contribution in [3.63, 3.8) is 0 Å². The van der Waals surface area contributed by atoms with Crippen molar-refractivity contribution in [2.75, 3.05) is 0 Å². The number of hydrogen-bond acceptors (Lipinski definition) is 1. The number of fused-ring (bicyclic) bond motifs is 9. The van der Waals surface area contributed by atoms with Crippen molar-refractivity contribution in [1.29, 1.82) is 0 Å². The van der Waals surface area contributed by atoms with Crippen molar-refractivity contribution in [3.8, 4) is 33.6 Å².